The number of ether oxygens (including phenoxy) is 4. The van der Waals surface area contributed by atoms with Gasteiger partial charge in [-0.3, -0.25) is 0 Å². The number of likely N-dealkylation sites (tertiary alicyclic amines) is 1. The van der Waals surface area contributed by atoms with Crippen molar-refractivity contribution < 1.29 is 59.9 Å². The van der Waals surface area contributed by atoms with Crippen LogP contribution in [0.5, 0.6) is 11.5 Å². The highest BCUT2D eigenvalue weighted by atomic mass is 32.2. The number of alkyl halides is 3. The molecule has 0 radical (unpaired) electrons. The van der Waals surface area contributed by atoms with Crippen molar-refractivity contribution >= 4 is 16.0 Å². The number of hydrogen-bond acceptors (Lipinski definition) is 9. The van der Waals surface area contributed by atoms with Crippen molar-refractivity contribution in [1.82, 2.24) is 4.31 Å². The van der Waals surface area contributed by atoms with E-state index >= 15 is 0 Å². The molecule has 232 valence electrons. The van der Waals surface area contributed by atoms with E-state index in [2.05, 4.69) is 4.74 Å². The van der Waals surface area contributed by atoms with E-state index in [-0.39, 0.29) is 62.3 Å². The average molecular weight is 611 g/mol. The van der Waals surface area contributed by atoms with Crippen LogP contribution in [0.15, 0.2) is 24.3 Å². The Morgan fingerprint density at radius 1 is 1.10 bits per heavy atom. The molecule has 1 aromatic carbocycles. The highest BCUT2D eigenvalue weighted by Crippen LogP contribution is 2.38. The molecular weight excluding hydrogens is 573 g/mol. The van der Waals surface area contributed by atoms with Crippen molar-refractivity contribution in [2.24, 2.45) is 0 Å². The standard InChI is InChI=1S/C26H37F3N2O9S/c1-36-19-17-31(40-23-4-2-3-18-37-23)15-11-25(12-16-31,24(32)33)41(34,35)30-13-9-21(10-14-30)38-20-5-7-22(8-6-20)39-26(27,28)29/h5-8,21,23H,2-4,9-19H2,1H3. The summed E-state index contributed by atoms with van der Waals surface area (Å²) in [5, 5.41) is 12.5. The summed E-state index contributed by atoms with van der Waals surface area (Å²) >= 11 is 0. The number of nitrogens with zero attached hydrogens (tertiary/aromatic N) is 2. The number of hydrogen-bond donors (Lipinski definition) is 0. The van der Waals surface area contributed by atoms with Crippen molar-refractivity contribution in [3.8, 4) is 11.5 Å². The molecule has 3 aliphatic rings. The van der Waals surface area contributed by atoms with Crippen molar-refractivity contribution in [2.45, 2.75) is 68.4 Å². The summed E-state index contributed by atoms with van der Waals surface area (Å²) in [6.45, 7) is 1.70. The van der Waals surface area contributed by atoms with Gasteiger partial charge in [0.05, 0.1) is 12.6 Å². The number of quaternary nitrogens is 1. The zero-order valence-electron chi connectivity index (χ0n) is 23.0. The first-order valence-corrected chi connectivity index (χ1v) is 15.2. The number of halogens is 3. The Morgan fingerprint density at radius 2 is 1.73 bits per heavy atom. The van der Waals surface area contributed by atoms with Crippen LogP contribution in [0.25, 0.3) is 0 Å². The molecular formula is C26H37F3N2O9S. The molecule has 1 unspecified atom stereocenters. The van der Waals surface area contributed by atoms with Crippen LogP contribution in [0.2, 0.25) is 0 Å². The molecule has 15 heteroatoms. The Hall–Kier alpha value is -2.17. The molecule has 0 saturated carbocycles. The van der Waals surface area contributed by atoms with Crippen LogP contribution in [0.1, 0.15) is 44.9 Å². The zero-order chi connectivity index (χ0) is 29.7. The first kappa shape index (κ1) is 31.8. The van der Waals surface area contributed by atoms with Gasteiger partial charge in [0.2, 0.25) is 16.3 Å². The fraction of sp³-hybridized carbons (Fsp3) is 0.731. The fourth-order valence-electron chi connectivity index (χ4n) is 5.61. The number of aliphatic carboxylic acids is 1. The van der Waals surface area contributed by atoms with Crippen LogP contribution in [0.3, 0.4) is 0 Å². The first-order valence-electron chi connectivity index (χ1n) is 13.8. The Labute approximate surface area is 237 Å². The molecule has 4 rings (SSSR count). The number of piperidine rings is 2. The molecule has 0 spiro atoms. The third kappa shape index (κ3) is 7.62. The van der Waals surface area contributed by atoms with Crippen LogP contribution in [0.4, 0.5) is 13.2 Å². The molecule has 0 bridgehead atoms. The fourth-order valence-corrected chi connectivity index (χ4v) is 7.70. The summed E-state index contributed by atoms with van der Waals surface area (Å²) in [5.74, 6) is -1.70. The Morgan fingerprint density at radius 3 is 2.27 bits per heavy atom. The van der Waals surface area contributed by atoms with Crippen LogP contribution in [-0.2, 0) is 29.1 Å². The number of methoxy groups -OCH3 is 1. The summed E-state index contributed by atoms with van der Waals surface area (Å²) in [5.41, 5.74) is 0. The predicted molar refractivity (Wildman–Crippen MR) is 136 cm³/mol. The maximum absolute atomic E-state index is 13.8. The smallest absolute Gasteiger partial charge is 0.548 e. The lowest BCUT2D eigenvalue weighted by Crippen LogP contribution is -2.68. The minimum absolute atomic E-state index is 0.0351. The molecule has 41 heavy (non-hydrogen) atoms. The lowest BCUT2D eigenvalue weighted by atomic mass is 9.95. The maximum atomic E-state index is 13.8. The second-order valence-corrected chi connectivity index (χ2v) is 12.9. The van der Waals surface area contributed by atoms with Gasteiger partial charge in [-0.1, -0.05) is 0 Å². The normalized spacial score (nSPS) is 28.7. The van der Waals surface area contributed by atoms with Crippen LogP contribution >= 0.6 is 0 Å². The van der Waals surface area contributed by atoms with Gasteiger partial charge in [-0.25, -0.2) is 12.7 Å². The molecule has 3 aliphatic heterocycles. The minimum atomic E-state index is -4.80. The van der Waals surface area contributed by atoms with E-state index in [0.717, 1.165) is 25.0 Å². The number of carboxylic acid groups (broad SMARTS) is 1. The van der Waals surface area contributed by atoms with Gasteiger partial charge >= 0.3 is 6.36 Å². The number of hydroxylamine groups is 3. The molecule has 1 atom stereocenters. The summed E-state index contributed by atoms with van der Waals surface area (Å²) in [7, 11) is -2.75. The average Bonchev–Trinajstić information content (AvgIpc) is 2.93. The summed E-state index contributed by atoms with van der Waals surface area (Å²) in [6, 6.07) is 4.94. The molecule has 3 fully saturated rings. The highest BCUT2D eigenvalue weighted by Gasteiger charge is 2.56. The van der Waals surface area contributed by atoms with Gasteiger partial charge in [-0.05, 0) is 49.9 Å². The topological polar surface area (TPSA) is 124 Å². The molecule has 0 aliphatic carbocycles. The number of carbonyl (C=O) groups is 1. The van der Waals surface area contributed by atoms with E-state index in [9.17, 15) is 31.5 Å². The van der Waals surface area contributed by atoms with E-state index in [4.69, 9.17) is 19.0 Å². The predicted octanol–water partition coefficient (Wildman–Crippen LogP) is 1.96. The van der Waals surface area contributed by atoms with Gasteiger partial charge in [0.15, 0.2) is 0 Å². The zero-order valence-corrected chi connectivity index (χ0v) is 23.8. The second kappa shape index (κ2) is 13.0. The largest absolute Gasteiger partial charge is 0.573 e. The van der Waals surface area contributed by atoms with Crippen molar-refractivity contribution in [1.29, 1.82) is 0 Å². The molecule has 1 aromatic rings. The second-order valence-electron chi connectivity index (χ2n) is 10.6. The summed E-state index contributed by atoms with van der Waals surface area (Å²) < 4.78 is 84.5. The van der Waals surface area contributed by atoms with E-state index in [1.807, 2.05) is 0 Å². The SMILES string of the molecule is COCC[N+]1(OC2CCCCO2)CCC(C(=O)[O-])(S(=O)(=O)N2CCC(Oc3ccc(OC(F)(F)F)cc3)CC2)CC1. The van der Waals surface area contributed by atoms with Crippen molar-refractivity contribution in [3.63, 3.8) is 0 Å². The Balaban J connectivity index is 1.38. The number of sulfonamides is 1. The lowest BCUT2D eigenvalue weighted by Gasteiger charge is -2.48. The monoisotopic (exact) mass is 610 g/mol. The first-order chi connectivity index (χ1) is 19.4. The Bertz CT molecular complexity index is 1110. The van der Waals surface area contributed by atoms with Gasteiger partial charge in [0.1, 0.15) is 42.0 Å². The van der Waals surface area contributed by atoms with Gasteiger partial charge in [-0.2, -0.15) is 9.48 Å². The van der Waals surface area contributed by atoms with Gasteiger partial charge in [0.25, 0.3) is 0 Å². The number of rotatable bonds is 11. The lowest BCUT2D eigenvalue weighted by molar-refractivity contribution is -1.12. The van der Waals surface area contributed by atoms with Gasteiger partial charge < -0.3 is 28.8 Å². The van der Waals surface area contributed by atoms with Gasteiger partial charge in [0, 0.05) is 46.1 Å². The van der Waals surface area contributed by atoms with E-state index in [1.54, 1.807) is 7.11 Å². The third-order valence-electron chi connectivity index (χ3n) is 8.00. The third-order valence-corrected chi connectivity index (χ3v) is 10.6. The molecule has 11 nitrogen and oxygen atoms in total. The van der Waals surface area contributed by atoms with Crippen LogP contribution in [-0.4, -0.2) is 99.9 Å². The number of carbonyl (C=O) groups excluding carboxylic acids is 1. The summed E-state index contributed by atoms with van der Waals surface area (Å²) in [4.78, 5) is 18.8. The molecule has 0 amide bonds. The van der Waals surface area contributed by atoms with Crippen LogP contribution in [0, 0.1) is 0 Å². The number of benzene rings is 1. The molecule has 0 N–H and O–H groups in total. The summed E-state index contributed by atoms with van der Waals surface area (Å²) in [6.07, 6.45) is -2.86. The quantitative estimate of drug-likeness (QED) is 0.346. The molecule has 3 saturated heterocycles. The molecule has 3 heterocycles. The highest BCUT2D eigenvalue weighted by molar-refractivity contribution is 7.91. The maximum Gasteiger partial charge on any atom is 0.573 e. The van der Waals surface area contributed by atoms with Crippen molar-refractivity contribution in [3.05, 3.63) is 24.3 Å². The van der Waals surface area contributed by atoms with E-state index in [1.165, 1.54) is 16.4 Å². The van der Waals surface area contributed by atoms with Gasteiger partial charge in [-0.15, -0.1) is 13.2 Å². The van der Waals surface area contributed by atoms with Crippen LogP contribution < -0.4 is 14.6 Å². The van der Waals surface area contributed by atoms with Crippen molar-refractivity contribution in [2.75, 3.05) is 53.0 Å². The van der Waals surface area contributed by atoms with E-state index in [0.29, 0.717) is 31.9 Å². The molecule has 0 aromatic heterocycles. The minimum Gasteiger partial charge on any atom is -0.548 e. The Kier molecular flexibility index (Phi) is 10.1. The number of carboxylic acids is 1. The van der Waals surface area contributed by atoms with E-state index < -0.39 is 39.5 Å².